The number of hydrogen-bond acceptors (Lipinski definition) is 6. The van der Waals surface area contributed by atoms with Gasteiger partial charge in [-0.1, -0.05) is 24.3 Å². The quantitative estimate of drug-likeness (QED) is 0.436. The summed E-state index contributed by atoms with van der Waals surface area (Å²) < 4.78 is 15.5. The Balaban J connectivity index is 1.65. The number of nitrogens with zero attached hydrogens (tertiary/aromatic N) is 2. The number of likely N-dealkylation sites (N-methyl/N-ethyl adjacent to an activating group) is 1. The van der Waals surface area contributed by atoms with Gasteiger partial charge in [-0.2, -0.15) is 5.26 Å². The van der Waals surface area contributed by atoms with Gasteiger partial charge in [-0.25, -0.2) is 4.79 Å². The second-order valence-corrected chi connectivity index (χ2v) is 5.83. The van der Waals surface area contributed by atoms with Crippen molar-refractivity contribution in [2.24, 2.45) is 0 Å². The molecule has 0 N–H and O–H groups in total. The minimum absolute atomic E-state index is 0.132. The molecule has 1 amide bonds. The summed E-state index contributed by atoms with van der Waals surface area (Å²) in [6.07, 6.45) is 1.38. The van der Waals surface area contributed by atoms with Crippen molar-refractivity contribution in [1.29, 1.82) is 5.26 Å². The first-order chi connectivity index (χ1) is 13.6. The summed E-state index contributed by atoms with van der Waals surface area (Å²) in [5.74, 6) is -0.0968. The lowest BCUT2D eigenvalue weighted by atomic mass is 10.1. The lowest BCUT2D eigenvalue weighted by molar-refractivity contribution is -0.143. The highest BCUT2D eigenvalue weighted by molar-refractivity contribution is 6.00. The van der Waals surface area contributed by atoms with Crippen LogP contribution in [0.1, 0.15) is 12.5 Å². The number of para-hydroxylation sites is 1. The maximum Gasteiger partial charge on any atom is 0.349 e. The molecule has 0 aliphatic carbocycles. The third kappa shape index (κ3) is 4.30. The average molecular weight is 378 g/mol. The standard InChI is InChI=1S/C21H18N2O5/c1-2-23(17-6-4-3-5-7-17)20(24)13-26-21(25)16(12-22)10-15-8-9-18-19(11-15)28-14-27-18/h3-11H,2,13-14H2,1H3/b16-10-. The van der Waals surface area contributed by atoms with Crippen molar-refractivity contribution < 1.29 is 23.8 Å². The molecule has 0 saturated heterocycles. The van der Waals surface area contributed by atoms with E-state index < -0.39 is 12.6 Å². The molecule has 3 rings (SSSR count). The SMILES string of the molecule is CCN(C(=O)COC(=O)/C(C#N)=C\c1ccc2c(c1)OCO2)c1ccccc1. The van der Waals surface area contributed by atoms with E-state index >= 15 is 0 Å². The Bertz CT molecular complexity index is 947. The Kier molecular flexibility index (Phi) is 5.92. The zero-order valence-electron chi connectivity index (χ0n) is 15.3. The van der Waals surface area contributed by atoms with Gasteiger partial charge in [0, 0.05) is 12.2 Å². The lowest BCUT2D eigenvalue weighted by Gasteiger charge is -2.20. The second kappa shape index (κ2) is 8.73. The largest absolute Gasteiger partial charge is 0.454 e. The average Bonchev–Trinajstić information content (AvgIpc) is 3.19. The van der Waals surface area contributed by atoms with Crippen LogP contribution in [-0.4, -0.2) is 31.8 Å². The van der Waals surface area contributed by atoms with Crippen LogP contribution in [0, 0.1) is 11.3 Å². The van der Waals surface area contributed by atoms with Crippen LogP contribution in [0.3, 0.4) is 0 Å². The van der Waals surface area contributed by atoms with Crippen LogP contribution < -0.4 is 14.4 Å². The van der Waals surface area contributed by atoms with E-state index in [2.05, 4.69) is 0 Å². The number of hydrogen-bond donors (Lipinski definition) is 0. The molecule has 0 radical (unpaired) electrons. The monoisotopic (exact) mass is 378 g/mol. The molecule has 28 heavy (non-hydrogen) atoms. The molecule has 0 saturated carbocycles. The molecule has 7 heteroatoms. The van der Waals surface area contributed by atoms with Crippen LogP contribution in [0.25, 0.3) is 6.08 Å². The molecule has 0 aromatic heterocycles. The maximum atomic E-state index is 12.4. The summed E-state index contributed by atoms with van der Waals surface area (Å²) in [4.78, 5) is 26.1. The molecule has 1 heterocycles. The summed E-state index contributed by atoms with van der Waals surface area (Å²) in [6, 6.07) is 15.9. The number of nitriles is 1. The number of benzene rings is 2. The van der Waals surface area contributed by atoms with Crippen LogP contribution in [0.2, 0.25) is 0 Å². The summed E-state index contributed by atoms with van der Waals surface area (Å²) in [5, 5.41) is 9.28. The molecule has 2 aromatic carbocycles. The highest BCUT2D eigenvalue weighted by Crippen LogP contribution is 2.33. The van der Waals surface area contributed by atoms with E-state index in [0.29, 0.717) is 29.3 Å². The molecule has 7 nitrogen and oxygen atoms in total. The Morgan fingerprint density at radius 1 is 1.18 bits per heavy atom. The third-order valence-corrected chi connectivity index (χ3v) is 4.06. The zero-order valence-corrected chi connectivity index (χ0v) is 15.3. The first-order valence-corrected chi connectivity index (χ1v) is 8.66. The van der Waals surface area contributed by atoms with Crippen LogP contribution in [-0.2, 0) is 14.3 Å². The molecule has 2 aromatic rings. The van der Waals surface area contributed by atoms with Gasteiger partial charge in [-0.3, -0.25) is 4.79 Å². The van der Waals surface area contributed by atoms with Gasteiger partial charge in [-0.05, 0) is 42.8 Å². The maximum absolute atomic E-state index is 12.4. The lowest BCUT2D eigenvalue weighted by Crippen LogP contribution is -2.34. The van der Waals surface area contributed by atoms with Gasteiger partial charge in [0.2, 0.25) is 6.79 Å². The van der Waals surface area contributed by atoms with Crippen LogP contribution in [0.4, 0.5) is 5.69 Å². The molecule has 0 atom stereocenters. The molecule has 0 spiro atoms. The second-order valence-electron chi connectivity index (χ2n) is 5.83. The molecule has 1 aliphatic rings. The summed E-state index contributed by atoms with van der Waals surface area (Å²) in [7, 11) is 0. The van der Waals surface area contributed by atoms with E-state index in [1.807, 2.05) is 25.1 Å². The molecule has 1 aliphatic heterocycles. The van der Waals surface area contributed by atoms with Gasteiger partial charge in [0.05, 0.1) is 0 Å². The van der Waals surface area contributed by atoms with Crippen molar-refractivity contribution in [3.8, 4) is 17.6 Å². The van der Waals surface area contributed by atoms with Gasteiger partial charge in [-0.15, -0.1) is 0 Å². The predicted octanol–water partition coefficient (Wildman–Crippen LogP) is 2.92. The highest BCUT2D eigenvalue weighted by atomic mass is 16.7. The van der Waals surface area contributed by atoms with Crippen molar-refractivity contribution in [3.63, 3.8) is 0 Å². The zero-order chi connectivity index (χ0) is 19.9. The first-order valence-electron chi connectivity index (χ1n) is 8.66. The summed E-state index contributed by atoms with van der Waals surface area (Å²) >= 11 is 0. The van der Waals surface area contributed by atoms with E-state index in [-0.39, 0.29) is 18.3 Å². The van der Waals surface area contributed by atoms with Crippen molar-refractivity contribution in [2.75, 3.05) is 24.8 Å². The highest BCUT2D eigenvalue weighted by Gasteiger charge is 2.19. The Hall–Kier alpha value is -3.79. The van der Waals surface area contributed by atoms with E-state index in [1.165, 1.54) is 11.0 Å². The number of esters is 1. The van der Waals surface area contributed by atoms with Gasteiger partial charge >= 0.3 is 5.97 Å². The minimum Gasteiger partial charge on any atom is -0.454 e. The molecular formula is C21H18N2O5. The molecule has 0 fully saturated rings. The normalized spacial score (nSPS) is 12.2. The van der Waals surface area contributed by atoms with E-state index in [0.717, 1.165) is 0 Å². The summed E-state index contributed by atoms with van der Waals surface area (Å²) in [6.45, 7) is 1.93. The smallest absolute Gasteiger partial charge is 0.349 e. The van der Waals surface area contributed by atoms with Crippen LogP contribution in [0.15, 0.2) is 54.1 Å². The number of amides is 1. The Labute approximate surface area is 162 Å². The number of rotatable bonds is 6. The van der Waals surface area contributed by atoms with Crippen molar-refractivity contribution in [2.45, 2.75) is 6.92 Å². The van der Waals surface area contributed by atoms with Crippen molar-refractivity contribution in [3.05, 3.63) is 59.7 Å². The number of carbonyl (C=O) groups is 2. The Morgan fingerprint density at radius 2 is 1.93 bits per heavy atom. The number of ether oxygens (including phenoxy) is 3. The fourth-order valence-electron chi connectivity index (χ4n) is 2.70. The fourth-order valence-corrected chi connectivity index (χ4v) is 2.70. The van der Waals surface area contributed by atoms with E-state index in [4.69, 9.17) is 14.2 Å². The molecule has 142 valence electrons. The Morgan fingerprint density at radius 3 is 2.64 bits per heavy atom. The van der Waals surface area contributed by atoms with Crippen molar-refractivity contribution >= 4 is 23.6 Å². The fraction of sp³-hybridized carbons (Fsp3) is 0.190. The molecule has 0 bridgehead atoms. The molecular weight excluding hydrogens is 360 g/mol. The number of fused-ring (bicyclic) bond motifs is 1. The van der Waals surface area contributed by atoms with Gasteiger partial charge in [0.25, 0.3) is 5.91 Å². The predicted molar refractivity (Wildman–Crippen MR) is 102 cm³/mol. The third-order valence-electron chi connectivity index (χ3n) is 4.06. The van der Waals surface area contributed by atoms with E-state index in [9.17, 15) is 14.9 Å². The number of anilines is 1. The van der Waals surface area contributed by atoms with Crippen molar-refractivity contribution in [1.82, 2.24) is 0 Å². The topological polar surface area (TPSA) is 88.9 Å². The van der Waals surface area contributed by atoms with Crippen LogP contribution >= 0.6 is 0 Å². The number of carbonyl (C=O) groups excluding carboxylic acids is 2. The van der Waals surface area contributed by atoms with E-state index in [1.54, 1.807) is 36.4 Å². The van der Waals surface area contributed by atoms with Crippen LogP contribution in [0.5, 0.6) is 11.5 Å². The first kappa shape index (κ1) is 19.0. The summed E-state index contributed by atoms with van der Waals surface area (Å²) in [5.41, 5.74) is 1.08. The van der Waals surface area contributed by atoms with Gasteiger partial charge in [0.15, 0.2) is 18.1 Å². The van der Waals surface area contributed by atoms with Gasteiger partial charge < -0.3 is 19.1 Å². The van der Waals surface area contributed by atoms with Gasteiger partial charge in [0.1, 0.15) is 11.6 Å². The minimum atomic E-state index is -0.863. The molecule has 0 unspecified atom stereocenters.